The molecule has 3 aliphatic rings. The smallest absolute Gasteiger partial charge is 0.342 e. The number of allylic oxidation sites excluding steroid dienone is 6. The molecule has 3 aromatic rings. The Bertz CT molecular complexity index is 1940. The number of carbonyl (C=O) groups excluding carboxylic acids is 6. The van der Waals surface area contributed by atoms with E-state index in [4.69, 9.17) is 9.47 Å². The minimum Gasteiger partial charge on any atom is -0.462 e. The zero-order valence-corrected chi connectivity index (χ0v) is 25.5. The molecule has 0 unspecified atom stereocenters. The van der Waals surface area contributed by atoms with Crippen LogP contribution in [0.15, 0.2) is 119 Å². The molecule has 47 heavy (non-hydrogen) atoms. The van der Waals surface area contributed by atoms with Gasteiger partial charge < -0.3 is 9.47 Å². The van der Waals surface area contributed by atoms with Crippen molar-refractivity contribution in [3.8, 4) is 0 Å². The lowest BCUT2D eigenvalue weighted by atomic mass is 9.77. The SMILES string of the molecule is O=C(OCCCCCOC(=O)C1=C(c2ccccc2)C(=O)c2ccccc2C1=O)C1=C(c2ccccc2)C(=O)C2=CCCC=C2C1=O. The minimum atomic E-state index is -0.880. The molecule has 0 saturated heterocycles. The van der Waals surface area contributed by atoms with Crippen LogP contribution >= 0.6 is 0 Å². The van der Waals surface area contributed by atoms with Crippen LogP contribution in [0, 0.1) is 0 Å². The molecular formula is C39H30O8. The van der Waals surface area contributed by atoms with Gasteiger partial charge in [0.2, 0.25) is 11.6 Å². The highest BCUT2D eigenvalue weighted by Gasteiger charge is 2.40. The molecule has 0 heterocycles. The second-order valence-electron chi connectivity index (χ2n) is 11.2. The van der Waals surface area contributed by atoms with Gasteiger partial charge in [0.1, 0.15) is 11.1 Å². The van der Waals surface area contributed by atoms with E-state index in [0.717, 1.165) is 0 Å². The Kier molecular flexibility index (Phi) is 9.11. The van der Waals surface area contributed by atoms with Crippen molar-refractivity contribution in [3.63, 3.8) is 0 Å². The van der Waals surface area contributed by atoms with E-state index in [9.17, 15) is 28.8 Å². The minimum absolute atomic E-state index is 0.0118. The summed E-state index contributed by atoms with van der Waals surface area (Å²) in [6, 6.07) is 23.5. The van der Waals surface area contributed by atoms with Gasteiger partial charge in [-0.1, -0.05) is 97.1 Å². The molecule has 8 heteroatoms. The molecule has 0 aliphatic heterocycles. The van der Waals surface area contributed by atoms with Crippen LogP contribution in [0.3, 0.4) is 0 Å². The molecule has 234 valence electrons. The number of ether oxygens (including phenoxy) is 2. The lowest BCUT2D eigenvalue weighted by Crippen LogP contribution is -2.30. The summed E-state index contributed by atoms with van der Waals surface area (Å²) in [5, 5.41) is 0. The van der Waals surface area contributed by atoms with Gasteiger partial charge in [0.25, 0.3) is 0 Å². The summed E-state index contributed by atoms with van der Waals surface area (Å²) in [5.41, 5.74) is 1.36. The molecule has 0 N–H and O–H groups in total. The van der Waals surface area contributed by atoms with Crippen molar-refractivity contribution in [3.05, 3.63) is 142 Å². The first-order valence-electron chi connectivity index (χ1n) is 15.5. The first-order valence-corrected chi connectivity index (χ1v) is 15.5. The van der Waals surface area contributed by atoms with Gasteiger partial charge in [-0.05, 0) is 43.2 Å². The Morgan fingerprint density at radius 2 is 0.915 bits per heavy atom. The van der Waals surface area contributed by atoms with E-state index in [1.54, 1.807) is 91.0 Å². The molecule has 3 aliphatic carbocycles. The summed E-state index contributed by atoms with van der Waals surface area (Å²) < 4.78 is 10.9. The summed E-state index contributed by atoms with van der Waals surface area (Å²) in [7, 11) is 0. The number of benzene rings is 3. The van der Waals surface area contributed by atoms with Crippen LogP contribution in [0.25, 0.3) is 11.1 Å². The largest absolute Gasteiger partial charge is 0.462 e. The monoisotopic (exact) mass is 626 g/mol. The van der Waals surface area contributed by atoms with Crippen LogP contribution in [0.1, 0.15) is 63.9 Å². The van der Waals surface area contributed by atoms with Crippen molar-refractivity contribution in [2.24, 2.45) is 0 Å². The van der Waals surface area contributed by atoms with Crippen LogP contribution < -0.4 is 0 Å². The van der Waals surface area contributed by atoms with Crippen LogP contribution in [0.5, 0.6) is 0 Å². The standard InChI is InChI=1S/C39H30O8/c40-34-26-18-8-10-20-28(26)36(42)32(30(34)24-14-4-1-5-15-24)38(44)46-22-12-3-13-23-47-39(45)33-31(25-16-6-2-7-17-25)35(41)27-19-9-11-21-29(27)37(33)43/h1-2,4-8,10,14-21H,3,9,11-13,22-23H2. The van der Waals surface area contributed by atoms with Gasteiger partial charge in [-0.2, -0.15) is 0 Å². The Labute approximate surface area is 271 Å². The van der Waals surface area contributed by atoms with E-state index in [1.807, 2.05) is 0 Å². The Hall–Kier alpha value is -5.76. The summed E-state index contributed by atoms with van der Waals surface area (Å²) >= 11 is 0. The van der Waals surface area contributed by atoms with Gasteiger partial charge in [-0.15, -0.1) is 0 Å². The first-order chi connectivity index (χ1) is 22.9. The van der Waals surface area contributed by atoms with Gasteiger partial charge in [0.05, 0.1) is 13.2 Å². The molecule has 8 nitrogen and oxygen atoms in total. The number of fused-ring (bicyclic) bond motifs is 2. The molecule has 0 radical (unpaired) electrons. The van der Waals surface area contributed by atoms with Gasteiger partial charge in [-0.25, -0.2) is 9.59 Å². The fourth-order valence-corrected chi connectivity index (χ4v) is 5.98. The van der Waals surface area contributed by atoms with Gasteiger partial charge in [0.15, 0.2) is 11.6 Å². The second-order valence-corrected chi connectivity index (χ2v) is 11.2. The lowest BCUT2D eigenvalue weighted by Gasteiger charge is -2.24. The van der Waals surface area contributed by atoms with E-state index in [1.165, 1.54) is 6.07 Å². The fourth-order valence-electron chi connectivity index (χ4n) is 5.98. The van der Waals surface area contributed by atoms with Crippen LogP contribution in [0.4, 0.5) is 0 Å². The maximum Gasteiger partial charge on any atom is 0.342 e. The third-order valence-electron chi connectivity index (χ3n) is 8.26. The average molecular weight is 627 g/mol. The molecule has 3 aromatic carbocycles. The highest BCUT2D eigenvalue weighted by molar-refractivity contribution is 6.48. The van der Waals surface area contributed by atoms with Gasteiger partial charge in [0, 0.05) is 33.4 Å². The van der Waals surface area contributed by atoms with Crippen molar-refractivity contribution >= 4 is 46.2 Å². The number of rotatable bonds is 10. The van der Waals surface area contributed by atoms with Crippen LogP contribution in [0.2, 0.25) is 0 Å². The first kappa shape index (κ1) is 31.2. The maximum atomic E-state index is 13.4. The zero-order chi connectivity index (χ0) is 32.9. The molecule has 0 spiro atoms. The lowest BCUT2D eigenvalue weighted by molar-refractivity contribution is -0.140. The van der Waals surface area contributed by atoms with Crippen molar-refractivity contribution in [1.82, 2.24) is 0 Å². The number of ketones is 4. The molecule has 0 bridgehead atoms. The summed E-state index contributed by atoms with van der Waals surface area (Å²) in [4.78, 5) is 80.0. The molecule has 0 amide bonds. The maximum absolute atomic E-state index is 13.4. The molecule has 6 rings (SSSR count). The van der Waals surface area contributed by atoms with Gasteiger partial charge in [-0.3, -0.25) is 19.2 Å². The number of unbranched alkanes of at least 4 members (excludes halogenated alkanes) is 2. The Morgan fingerprint density at radius 1 is 0.489 bits per heavy atom. The molecule has 0 fully saturated rings. The van der Waals surface area contributed by atoms with Gasteiger partial charge >= 0.3 is 11.9 Å². The van der Waals surface area contributed by atoms with E-state index < -0.39 is 29.3 Å². The average Bonchev–Trinajstić information content (AvgIpc) is 3.11. The topological polar surface area (TPSA) is 121 Å². The summed E-state index contributed by atoms with van der Waals surface area (Å²) in [6.07, 6.45) is 5.98. The number of hydrogen-bond donors (Lipinski definition) is 0. The van der Waals surface area contributed by atoms with Crippen LogP contribution in [-0.2, 0) is 28.7 Å². The zero-order valence-electron chi connectivity index (χ0n) is 25.5. The third kappa shape index (κ3) is 6.10. The predicted octanol–water partition coefficient (Wildman–Crippen LogP) is 6.03. The van der Waals surface area contributed by atoms with Crippen LogP contribution in [-0.4, -0.2) is 48.3 Å². The molecular weight excluding hydrogens is 596 g/mol. The summed E-state index contributed by atoms with van der Waals surface area (Å²) in [5.74, 6) is -3.62. The van der Waals surface area contributed by atoms with E-state index in [2.05, 4.69) is 0 Å². The van der Waals surface area contributed by atoms with Crippen molar-refractivity contribution < 1.29 is 38.2 Å². The van der Waals surface area contributed by atoms with E-state index in [0.29, 0.717) is 48.8 Å². The Morgan fingerprint density at radius 3 is 1.45 bits per heavy atom. The fraction of sp³-hybridized carbons (Fsp3) is 0.179. The van der Waals surface area contributed by atoms with Crippen molar-refractivity contribution in [1.29, 1.82) is 0 Å². The molecule has 0 aromatic heterocycles. The molecule has 0 saturated carbocycles. The second kappa shape index (κ2) is 13.7. The Balaban J connectivity index is 1.08. The normalized spacial score (nSPS) is 15.9. The highest BCUT2D eigenvalue weighted by atomic mass is 16.5. The number of carbonyl (C=O) groups is 6. The predicted molar refractivity (Wildman–Crippen MR) is 173 cm³/mol. The van der Waals surface area contributed by atoms with E-state index >= 15 is 0 Å². The number of Topliss-reactive ketones (excluding diaryl/α,β-unsaturated/α-hetero) is 4. The highest BCUT2D eigenvalue weighted by Crippen LogP contribution is 2.37. The number of esters is 2. The van der Waals surface area contributed by atoms with E-state index in [-0.39, 0.29) is 58.0 Å². The third-order valence-corrected chi connectivity index (χ3v) is 8.26. The number of hydrogen-bond acceptors (Lipinski definition) is 8. The quantitative estimate of drug-likeness (QED) is 0.152. The molecule has 0 atom stereocenters. The summed E-state index contributed by atoms with van der Waals surface area (Å²) in [6.45, 7) is -0.0460. The van der Waals surface area contributed by atoms with Crippen molar-refractivity contribution in [2.45, 2.75) is 32.1 Å². The van der Waals surface area contributed by atoms with Crippen molar-refractivity contribution in [2.75, 3.05) is 13.2 Å².